The van der Waals surface area contributed by atoms with Crippen LogP contribution in [0.5, 0.6) is 5.75 Å². The fourth-order valence-corrected chi connectivity index (χ4v) is 3.91. The maximum atomic E-state index is 5.84. The predicted octanol–water partition coefficient (Wildman–Crippen LogP) is 2.70. The Balaban J connectivity index is 1.21. The van der Waals surface area contributed by atoms with E-state index in [4.69, 9.17) is 4.74 Å². The van der Waals surface area contributed by atoms with Gasteiger partial charge in [-0.2, -0.15) is 0 Å². The molecule has 32 heavy (non-hydrogen) atoms. The van der Waals surface area contributed by atoms with E-state index in [-0.39, 0.29) is 0 Å². The maximum Gasteiger partial charge on any atom is 0.194 e. The summed E-state index contributed by atoms with van der Waals surface area (Å²) in [6.45, 7) is 7.01. The van der Waals surface area contributed by atoms with Gasteiger partial charge in [-0.3, -0.25) is 9.89 Å². The summed E-state index contributed by atoms with van der Waals surface area (Å²) >= 11 is 0. The smallest absolute Gasteiger partial charge is 0.194 e. The van der Waals surface area contributed by atoms with Crippen LogP contribution in [0.1, 0.15) is 11.4 Å². The Bertz CT molecular complexity index is 964. The second-order valence-corrected chi connectivity index (χ2v) is 7.85. The molecule has 7 nitrogen and oxygen atoms in total. The van der Waals surface area contributed by atoms with E-state index in [2.05, 4.69) is 53.9 Å². The van der Waals surface area contributed by atoms with Gasteiger partial charge in [-0.05, 0) is 17.7 Å². The fraction of sp³-hybridized carbons (Fsp3) is 0.360. The molecule has 0 saturated carbocycles. The second-order valence-electron chi connectivity index (χ2n) is 7.85. The summed E-state index contributed by atoms with van der Waals surface area (Å²) < 4.78 is 8.02. The van der Waals surface area contributed by atoms with Gasteiger partial charge in [0.05, 0.1) is 6.54 Å². The molecule has 1 saturated heterocycles. The average Bonchev–Trinajstić information content (AvgIpc) is 3.28. The van der Waals surface area contributed by atoms with E-state index in [9.17, 15) is 0 Å². The minimum atomic E-state index is 0.650. The summed E-state index contributed by atoms with van der Waals surface area (Å²) in [5.74, 6) is 2.87. The highest BCUT2D eigenvalue weighted by molar-refractivity contribution is 5.79. The third-order valence-electron chi connectivity index (χ3n) is 5.71. The molecule has 7 heteroatoms. The topological polar surface area (TPSA) is 57.9 Å². The van der Waals surface area contributed by atoms with Gasteiger partial charge in [-0.1, -0.05) is 48.5 Å². The number of piperazine rings is 1. The molecule has 1 aliphatic rings. The van der Waals surface area contributed by atoms with Gasteiger partial charge < -0.3 is 19.5 Å². The molecule has 0 aliphatic carbocycles. The minimum absolute atomic E-state index is 0.650. The van der Waals surface area contributed by atoms with Crippen LogP contribution in [0.15, 0.2) is 78.0 Å². The summed E-state index contributed by atoms with van der Waals surface area (Å²) in [5, 5.41) is 3.50. The van der Waals surface area contributed by atoms with Crippen LogP contribution in [0.25, 0.3) is 0 Å². The van der Waals surface area contributed by atoms with Crippen molar-refractivity contribution in [3.8, 4) is 5.75 Å². The molecular weight excluding hydrogens is 400 g/mol. The number of aromatic nitrogens is 2. The molecule has 4 rings (SSSR count). The number of hydrogen-bond donors (Lipinski definition) is 1. The number of guanidine groups is 1. The fourth-order valence-electron chi connectivity index (χ4n) is 3.91. The first-order valence-corrected chi connectivity index (χ1v) is 11.2. The number of nitrogens with one attached hydrogen (secondary N) is 1. The van der Waals surface area contributed by atoms with Crippen molar-refractivity contribution in [2.45, 2.75) is 13.1 Å². The molecule has 2 aromatic carbocycles. The summed E-state index contributed by atoms with van der Waals surface area (Å²) in [6, 6.07) is 20.5. The van der Waals surface area contributed by atoms with E-state index < -0.39 is 0 Å². The number of hydrogen-bond acceptors (Lipinski definition) is 4. The molecule has 0 amide bonds. The lowest BCUT2D eigenvalue weighted by Crippen LogP contribution is -2.53. The van der Waals surface area contributed by atoms with Crippen molar-refractivity contribution in [2.75, 3.05) is 46.4 Å². The molecule has 1 fully saturated rings. The Labute approximate surface area is 190 Å². The molecule has 0 radical (unpaired) electrons. The number of nitrogens with zero attached hydrogens (tertiary/aromatic N) is 5. The van der Waals surface area contributed by atoms with E-state index in [0.29, 0.717) is 13.2 Å². The lowest BCUT2D eigenvalue weighted by Gasteiger charge is -2.36. The third-order valence-corrected chi connectivity index (χ3v) is 5.71. The molecular formula is C25H32N6O. The number of ether oxygens (including phenoxy) is 1. The van der Waals surface area contributed by atoms with Gasteiger partial charge in [0.25, 0.3) is 0 Å². The first-order chi connectivity index (χ1) is 15.8. The number of aliphatic imine (C=N–C) groups is 1. The SMILES string of the molecule is CN=C(NCc1nccn1Cc1ccccc1)N1CCN(CCOc2ccccc2)CC1. The second kappa shape index (κ2) is 11.3. The molecule has 0 unspecified atom stereocenters. The zero-order chi connectivity index (χ0) is 22.0. The van der Waals surface area contributed by atoms with Crippen LogP contribution < -0.4 is 10.1 Å². The number of rotatable bonds is 8. The van der Waals surface area contributed by atoms with Gasteiger partial charge in [0.15, 0.2) is 5.96 Å². The molecule has 168 valence electrons. The van der Waals surface area contributed by atoms with E-state index in [1.54, 1.807) is 0 Å². The van der Waals surface area contributed by atoms with Crippen molar-refractivity contribution >= 4 is 5.96 Å². The van der Waals surface area contributed by atoms with Crippen LogP contribution in [-0.2, 0) is 13.1 Å². The minimum Gasteiger partial charge on any atom is -0.492 e. The number of benzene rings is 2. The molecule has 0 bridgehead atoms. The standard InChI is InChI=1S/C25H32N6O/c1-26-25(28-20-24-27-12-13-31(24)21-22-8-4-2-5-9-22)30-16-14-29(15-17-30)18-19-32-23-10-6-3-7-11-23/h2-13H,14-21H2,1H3,(H,26,28). The van der Waals surface area contributed by atoms with E-state index in [1.165, 1.54) is 5.56 Å². The van der Waals surface area contributed by atoms with E-state index >= 15 is 0 Å². The lowest BCUT2D eigenvalue weighted by atomic mass is 10.2. The molecule has 3 aromatic rings. The van der Waals surface area contributed by atoms with Crippen LogP contribution in [0, 0.1) is 0 Å². The van der Waals surface area contributed by atoms with Crippen LogP contribution in [-0.4, -0.2) is 71.7 Å². The maximum absolute atomic E-state index is 5.84. The van der Waals surface area contributed by atoms with Crippen molar-refractivity contribution in [1.29, 1.82) is 0 Å². The molecule has 2 heterocycles. The monoisotopic (exact) mass is 432 g/mol. The van der Waals surface area contributed by atoms with Gasteiger partial charge in [0, 0.05) is 58.7 Å². The van der Waals surface area contributed by atoms with Crippen molar-refractivity contribution in [1.82, 2.24) is 24.7 Å². The van der Waals surface area contributed by atoms with Crippen molar-refractivity contribution in [2.24, 2.45) is 4.99 Å². The summed E-state index contributed by atoms with van der Waals surface area (Å²) in [6.07, 6.45) is 3.89. The van der Waals surface area contributed by atoms with Gasteiger partial charge in [-0.25, -0.2) is 4.98 Å². The molecule has 0 spiro atoms. The first kappa shape index (κ1) is 21.9. The average molecular weight is 433 g/mol. The van der Waals surface area contributed by atoms with Crippen LogP contribution >= 0.6 is 0 Å². The van der Waals surface area contributed by atoms with Gasteiger partial charge in [-0.15, -0.1) is 0 Å². The quantitative estimate of drug-likeness (QED) is 0.438. The normalized spacial score (nSPS) is 15.0. The zero-order valence-corrected chi connectivity index (χ0v) is 18.7. The highest BCUT2D eigenvalue weighted by Crippen LogP contribution is 2.09. The van der Waals surface area contributed by atoms with Crippen molar-refractivity contribution in [3.05, 3.63) is 84.4 Å². The Hall–Kier alpha value is -3.32. The molecule has 0 atom stereocenters. The molecule has 1 aromatic heterocycles. The van der Waals surface area contributed by atoms with Crippen LogP contribution in [0.4, 0.5) is 0 Å². The molecule has 1 aliphatic heterocycles. The summed E-state index contributed by atoms with van der Waals surface area (Å²) in [5.41, 5.74) is 1.27. The van der Waals surface area contributed by atoms with Crippen LogP contribution in [0.3, 0.4) is 0 Å². The van der Waals surface area contributed by atoms with Gasteiger partial charge in [0.1, 0.15) is 18.2 Å². The summed E-state index contributed by atoms with van der Waals surface area (Å²) in [7, 11) is 1.85. The lowest BCUT2D eigenvalue weighted by molar-refractivity contribution is 0.152. The van der Waals surface area contributed by atoms with Crippen molar-refractivity contribution < 1.29 is 4.74 Å². The number of para-hydroxylation sites is 1. The van der Waals surface area contributed by atoms with Gasteiger partial charge in [0.2, 0.25) is 0 Å². The largest absolute Gasteiger partial charge is 0.492 e. The van der Waals surface area contributed by atoms with Gasteiger partial charge >= 0.3 is 0 Å². The summed E-state index contributed by atoms with van der Waals surface area (Å²) in [4.78, 5) is 13.8. The van der Waals surface area contributed by atoms with Crippen molar-refractivity contribution in [3.63, 3.8) is 0 Å². The number of imidazole rings is 1. The first-order valence-electron chi connectivity index (χ1n) is 11.2. The van der Waals surface area contributed by atoms with E-state index in [0.717, 1.165) is 56.8 Å². The highest BCUT2D eigenvalue weighted by atomic mass is 16.5. The van der Waals surface area contributed by atoms with Crippen LogP contribution in [0.2, 0.25) is 0 Å². The Kier molecular flexibility index (Phi) is 7.76. The molecule has 1 N–H and O–H groups in total. The Morgan fingerprint density at radius 3 is 2.44 bits per heavy atom. The Morgan fingerprint density at radius 2 is 1.72 bits per heavy atom. The van der Waals surface area contributed by atoms with E-state index in [1.807, 2.05) is 55.8 Å². The third kappa shape index (κ3) is 6.11. The highest BCUT2D eigenvalue weighted by Gasteiger charge is 2.19. The Morgan fingerprint density at radius 1 is 1.00 bits per heavy atom. The zero-order valence-electron chi connectivity index (χ0n) is 18.7. The predicted molar refractivity (Wildman–Crippen MR) is 128 cm³/mol.